The normalized spacial score (nSPS) is 10.6. The van der Waals surface area contributed by atoms with Crippen LogP contribution >= 0.6 is 0 Å². The average molecular weight is 299 g/mol. The smallest absolute Gasteiger partial charge is 0.338 e. The molecule has 0 fully saturated rings. The van der Waals surface area contributed by atoms with Crippen molar-refractivity contribution in [3.05, 3.63) is 59.6 Å². The summed E-state index contributed by atoms with van der Waals surface area (Å²) in [6.45, 7) is 3.91. The Balaban J connectivity index is 1.94. The average Bonchev–Trinajstić information content (AvgIpc) is 2.92. The van der Waals surface area contributed by atoms with Crippen molar-refractivity contribution < 1.29 is 18.7 Å². The predicted molar refractivity (Wildman–Crippen MR) is 83.5 cm³/mol. The number of nitrogens with one attached hydrogen (secondary N) is 1. The maximum atomic E-state index is 11.8. The van der Waals surface area contributed by atoms with Crippen LogP contribution in [0, 0.1) is 6.92 Å². The number of hydrogen-bond donors (Lipinski definition) is 1. The third kappa shape index (κ3) is 4.34. The molecular formula is C17H17NO4. The number of benzene rings is 1. The van der Waals surface area contributed by atoms with Crippen molar-refractivity contribution >= 4 is 23.6 Å². The van der Waals surface area contributed by atoms with Crippen molar-refractivity contribution in [2.75, 3.05) is 11.9 Å². The molecule has 1 heterocycles. The fraction of sp³-hybridized carbons (Fsp3) is 0.176. The van der Waals surface area contributed by atoms with E-state index in [0.717, 1.165) is 5.76 Å². The molecule has 114 valence electrons. The minimum atomic E-state index is -0.381. The number of anilines is 1. The molecule has 0 aliphatic carbocycles. The van der Waals surface area contributed by atoms with E-state index in [1.54, 1.807) is 43.3 Å². The van der Waals surface area contributed by atoms with E-state index >= 15 is 0 Å². The monoisotopic (exact) mass is 299 g/mol. The van der Waals surface area contributed by atoms with Crippen LogP contribution in [0.2, 0.25) is 0 Å². The summed E-state index contributed by atoms with van der Waals surface area (Å²) in [5.74, 6) is 0.742. The van der Waals surface area contributed by atoms with Gasteiger partial charge in [0.05, 0.1) is 12.2 Å². The van der Waals surface area contributed by atoms with E-state index in [2.05, 4.69) is 5.32 Å². The number of furan rings is 1. The Morgan fingerprint density at radius 3 is 2.50 bits per heavy atom. The van der Waals surface area contributed by atoms with Gasteiger partial charge in [-0.25, -0.2) is 4.79 Å². The van der Waals surface area contributed by atoms with E-state index in [1.807, 2.05) is 13.0 Å². The third-order valence-electron chi connectivity index (χ3n) is 2.82. The molecule has 5 nitrogen and oxygen atoms in total. The van der Waals surface area contributed by atoms with Crippen molar-refractivity contribution in [3.63, 3.8) is 0 Å². The second-order valence-electron chi connectivity index (χ2n) is 4.57. The Hall–Kier alpha value is -2.82. The summed E-state index contributed by atoms with van der Waals surface area (Å²) in [5, 5.41) is 2.70. The van der Waals surface area contributed by atoms with E-state index in [-0.39, 0.29) is 11.9 Å². The Morgan fingerprint density at radius 2 is 1.91 bits per heavy atom. The standard InChI is InChI=1S/C17H17NO4/c1-3-21-17(20)13-5-7-14(8-6-13)18-16(19)11-10-15-9-4-12(2)22-15/h4-11H,3H2,1-2H3,(H,18,19). The summed E-state index contributed by atoms with van der Waals surface area (Å²) >= 11 is 0. The predicted octanol–water partition coefficient (Wildman–Crippen LogP) is 3.42. The molecule has 5 heteroatoms. The van der Waals surface area contributed by atoms with Crippen LogP contribution in [-0.2, 0) is 9.53 Å². The highest BCUT2D eigenvalue weighted by Gasteiger charge is 2.06. The van der Waals surface area contributed by atoms with Gasteiger partial charge in [0.1, 0.15) is 11.5 Å². The van der Waals surface area contributed by atoms with Gasteiger partial charge in [-0.1, -0.05) is 0 Å². The lowest BCUT2D eigenvalue weighted by Gasteiger charge is -2.04. The van der Waals surface area contributed by atoms with Crippen molar-refractivity contribution in [1.29, 1.82) is 0 Å². The lowest BCUT2D eigenvalue weighted by atomic mass is 10.2. The summed E-state index contributed by atoms with van der Waals surface area (Å²) in [5.41, 5.74) is 1.04. The zero-order valence-corrected chi connectivity index (χ0v) is 12.5. The zero-order valence-electron chi connectivity index (χ0n) is 12.5. The van der Waals surface area contributed by atoms with Gasteiger partial charge in [-0.3, -0.25) is 4.79 Å². The van der Waals surface area contributed by atoms with Crippen LogP contribution in [0.5, 0.6) is 0 Å². The van der Waals surface area contributed by atoms with Crippen LogP contribution in [0.1, 0.15) is 28.8 Å². The van der Waals surface area contributed by atoms with Gasteiger partial charge in [-0.2, -0.15) is 0 Å². The van der Waals surface area contributed by atoms with E-state index in [4.69, 9.17) is 9.15 Å². The number of aryl methyl sites for hydroxylation is 1. The molecule has 0 aliphatic heterocycles. The molecule has 2 aromatic rings. The van der Waals surface area contributed by atoms with Crippen LogP contribution in [-0.4, -0.2) is 18.5 Å². The summed E-state index contributed by atoms with van der Waals surface area (Å²) in [6, 6.07) is 10.1. The molecule has 0 unspecified atom stereocenters. The van der Waals surface area contributed by atoms with Gasteiger partial charge in [0.25, 0.3) is 0 Å². The molecule has 0 saturated carbocycles. The van der Waals surface area contributed by atoms with Crippen LogP contribution in [0.15, 0.2) is 46.9 Å². The van der Waals surface area contributed by atoms with Crippen LogP contribution in [0.3, 0.4) is 0 Å². The van der Waals surface area contributed by atoms with Crippen molar-refractivity contribution in [3.8, 4) is 0 Å². The molecule has 22 heavy (non-hydrogen) atoms. The third-order valence-corrected chi connectivity index (χ3v) is 2.82. The highest BCUT2D eigenvalue weighted by Crippen LogP contribution is 2.12. The highest BCUT2D eigenvalue weighted by molar-refractivity contribution is 6.02. The number of esters is 1. The maximum Gasteiger partial charge on any atom is 0.338 e. The molecule has 0 saturated heterocycles. The summed E-state index contributed by atoms with van der Waals surface area (Å²) in [4.78, 5) is 23.3. The van der Waals surface area contributed by atoms with Gasteiger partial charge in [0, 0.05) is 11.8 Å². The van der Waals surface area contributed by atoms with Crippen molar-refractivity contribution in [1.82, 2.24) is 0 Å². The van der Waals surface area contributed by atoms with E-state index in [0.29, 0.717) is 23.6 Å². The van der Waals surface area contributed by atoms with Crippen molar-refractivity contribution in [2.45, 2.75) is 13.8 Å². The van der Waals surface area contributed by atoms with Crippen LogP contribution < -0.4 is 5.32 Å². The van der Waals surface area contributed by atoms with Gasteiger partial charge in [-0.05, 0) is 56.3 Å². The van der Waals surface area contributed by atoms with Crippen molar-refractivity contribution in [2.24, 2.45) is 0 Å². The first-order valence-corrected chi connectivity index (χ1v) is 6.91. The molecule has 0 bridgehead atoms. The van der Waals surface area contributed by atoms with E-state index in [9.17, 15) is 9.59 Å². The van der Waals surface area contributed by atoms with Gasteiger partial charge < -0.3 is 14.5 Å². The topological polar surface area (TPSA) is 68.5 Å². The van der Waals surface area contributed by atoms with Gasteiger partial charge >= 0.3 is 5.97 Å². The molecule has 1 aromatic carbocycles. The second kappa shape index (κ2) is 7.26. The Kier molecular flexibility index (Phi) is 5.14. The molecule has 1 N–H and O–H groups in total. The van der Waals surface area contributed by atoms with E-state index < -0.39 is 0 Å². The number of ether oxygens (including phenoxy) is 1. The molecule has 0 atom stereocenters. The van der Waals surface area contributed by atoms with Gasteiger partial charge in [0.2, 0.25) is 5.91 Å². The van der Waals surface area contributed by atoms with Gasteiger partial charge in [-0.15, -0.1) is 0 Å². The molecule has 1 amide bonds. The Labute approximate surface area is 128 Å². The summed E-state index contributed by atoms with van der Waals surface area (Å²) in [6.07, 6.45) is 2.98. The first-order valence-electron chi connectivity index (χ1n) is 6.91. The zero-order chi connectivity index (χ0) is 15.9. The molecular weight excluding hydrogens is 282 g/mol. The van der Waals surface area contributed by atoms with Crippen LogP contribution in [0.4, 0.5) is 5.69 Å². The summed E-state index contributed by atoms with van der Waals surface area (Å²) in [7, 11) is 0. The Bertz CT molecular complexity index is 683. The molecule has 0 aliphatic rings. The Morgan fingerprint density at radius 1 is 1.18 bits per heavy atom. The SMILES string of the molecule is CCOC(=O)c1ccc(NC(=O)C=Cc2ccc(C)o2)cc1. The first kappa shape index (κ1) is 15.6. The lowest BCUT2D eigenvalue weighted by Crippen LogP contribution is -2.08. The first-order chi connectivity index (χ1) is 10.6. The largest absolute Gasteiger partial charge is 0.462 e. The van der Waals surface area contributed by atoms with Crippen LogP contribution in [0.25, 0.3) is 6.08 Å². The lowest BCUT2D eigenvalue weighted by molar-refractivity contribution is -0.111. The second-order valence-corrected chi connectivity index (χ2v) is 4.57. The fourth-order valence-corrected chi connectivity index (χ4v) is 1.79. The highest BCUT2D eigenvalue weighted by atomic mass is 16.5. The number of rotatable bonds is 5. The number of amides is 1. The molecule has 1 aromatic heterocycles. The fourth-order valence-electron chi connectivity index (χ4n) is 1.79. The molecule has 2 rings (SSSR count). The maximum absolute atomic E-state index is 11.8. The molecule has 0 spiro atoms. The quantitative estimate of drug-likeness (QED) is 0.678. The minimum absolute atomic E-state index is 0.280. The van der Waals surface area contributed by atoms with E-state index in [1.165, 1.54) is 6.08 Å². The number of carbonyl (C=O) groups excluding carboxylic acids is 2. The van der Waals surface area contributed by atoms with Gasteiger partial charge in [0.15, 0.2) is 0 Å². The number of hydrogen-bond acceptors (Lipinski definition) is 4. The minimum Gasteiger partial charge on any atom is -0.462 e. The number of carbonyl (C=O) groups is 2. The molecule has 0 radical (unpaired) electrons. The summed E-state index contributed by atoms with van der Waals surface area (Å²) < 4.78 is 10.2.